The maximum atomic E-state index is 8.83. The molecule has 0 aromatic heterocycles. The van der Waals surface area contributed by atoms with Crippen molar-refractivity contribution in [2.75, 3.05) is 12.4 Å². The lowest BCUT2D eigenvalue weighted by Gasteiger charge is -2.08. The van der Waals surface area contributed by atoms with Gasteiger partial charge in [-0.2, -0.15) is 0 Å². The van der Waals surface area contributed by atoms with Gasteiger partial charge in [-0.05, 0) is 23.4 Å². The van der Waals surface area contributed by atoms with Crippen molar-refractivity contribution in [2.45, 2.75) is 17.9 Å². The van der Waals surface area contributed by atoms with Gasteiger partial charge in [-0.1, -0.05) is 19.1 Å². The van der Waals surface area contributed by atoms with Gasteiger partial charge in [0.1, 0.15) is 0 Å². The minimum atomic E-state index is -0.249. The van der Waals surface area contributed by atoms with Gasteiger partial charge in [0, 0.05) is 4.90 Å². The average molecular weight is 234 g/mol. The topological polar surface area (TPSA) is 46.2 Å². The smallest absolute Gasteiger partial charge is 0.0624 e. The van der Waals surface area contributed by atoms with Gasteiger partial charge in [-0.25, -0.2) is 0 Å². The van der Waals surface area contributed by atoms with Crippen LogP contribution in [0.1, 0.15) is 18.5 Å². The number of halogens is 1. The molecule has 4 heteroatoms. The van der Waals surface area contributed by atoms with E-state index in [9.17, 15) is 0 Å². The summed E-state index contributed by atoms with van der Waals surface area (Å²) in [6, 6.07) is 7.77. The van der Waals surface area contributed by atoms with Crippen LogP contribution in [0.25, 0.3) is 0 Å². The van der Waals surface area contributed by atoms with E-state index >= 15 is 0 Å². The Morgan fingerprint density at radius 2 is 1.93 bits per heavy atom. The molecule has 0 spiro atoms. The number of benzene rings is 1. The fourth-order valence-corrected chi connectivity index (χ4v) is 1.75. The van der Waals surface area contributed by atoms with Crippen LogP contribution in [-0.2, 0) is 0 Å². The van der Waals surface area contributed by atoms with E-state index in [1.165, 1.54) is 4.90 Å². The molecule has 0 saturated carbocycles. The molecule has 1 atom stereocenters. The molecule has 1 aromatic carbocycles. The molecule has 0 fully saturated rings. The van der Waals surface area contributed by atoms with Gasteiger partial charge < -0.3 is 10.8 Å². The summed E-state index contributed by atoms with van der Waals surface area (Å²) < 4.78 is 0. The number of thioether (sulfide) groups is 1. The van der Waals surface area contributed by atoms with Crippen molar-refractivity contribution in [2.24, 2.45) is 5.73 Å². The highest BCUT2D eigenvalue weighted by molar-refractivity contribution is 7.99. The van der Waals surface area contributed by atoms with Crippen LogP contribution in [0.3, 0.4) is 0 Å². The highest BCUT2D eigenvalue weighted by atomic mass is 35.5. The molecule has 2 nitrogen and oxygen atoms in total. The van der Waals surface area contributed by atoms with Gasteiger partial charge >= 0.3 is 0 Å². The van der Waals surface area contributed by atoms with Crippen LogP contribution in [0.5, 0.6) is 0 Å². The average Bonchev–Trinajstić information content (AvgIpc) is 2.18. The summed E-state index contributed by atoms with van der Waals surface area (Å²) >= 11 is 1.80. The molecule has 3 N–H and O–H groups in total. The molecular weight excluding hydrogens is 218 g/mol. The molecule has 14 heavy (non-hydrogen) atoms. The Hall–Kier alpha value is -0.220. The summed E-state index contributed by atoms with van der Waals surface area (Å²) in [7, 11) is 0. The second-order valence-corrected chi connectivity index (χ2v) is 4.13. The third kappa shape index (κ3) is 3.88. The van der Waals surface area contributed by atoms with Crippen molar-refractivity contribution in [3.8, 4) is 0 Å². The molecular formula is C10H16ClNOS. The van der Waals surface area contributed by atoms with E-state index in [2.05, 4.69) is 6.92 Å². The van der Waals surface area contributed by atoms with Crippen molar-refractivity contribution in [1.82, 2.24) is 0 Å². The molecule has 0 heterocycles. The molecule has 0 radical (unpaired) electrons. The van der Waals surface area contributed by atoms with Crippen molar-refractivity contribution in [3.63, 3.8) is 0 Å². The highest BCUT2D eigenvalue weighted by Gasteiger charge is 2.02. The third-order valence-corrected chi connectivity index (χ3v) is 2.71. The summed E-state index contributed by atoms with van der Waals surface area (Å²) in [6.45, 7) is 2.12. The lowest BCUT2D eigenvalue weighted by molar-refractivity contribution is 0.268. The van der Waals surface area contributed by atoms with Crippen molar-refractivity contribution >= 4 is 24.2 Å². The van der Waals surface area contributed by atoms with Crippen LogP contribution in [0.4, 0.5) is 0 Å². The minimum absolute atomic E-state index is 0. The quantitative estimate of drug-likeness (QED) is 0.784. The lowest BCUT2D eigenvalue weighted by Crippen LogP contribution is -2.14. The van der Waals surface area contributed by atoms with Crippen LogP contribution in [0.2, 0.25) is 0 Å². The van der Waals surface area contributed by atoms with Gasteiger partial charge in [0.15, 0.2) is 0 Å². The Labute approximate surface area is 95.3 Å². The zero-order chi connectivity index (χ0) is 9.68. The van der Waals surface area contributed by atoms with E-state index in [-0.39, 0.29) is 25.1 Å². The van der Waals surface area contributed by atoms with E-state index in [1.807, 2.05) is 24.3 Å². The molecule has 0 saturated heterocycles. The Kier molecular flexibility index (Phi) is 7.01. The van der Waals surface area contributed by atoms with Crippen LogP contribution in [0, 0.1) is 0 Å². The van der Waals surface area contributed by atoms with E-state index in [1.54, 1.807) is 11.8 Å². The van der Waals surface area contributed by atoms with E-state index in [0.717, 1.165) is 11.3 Å². The normalized spacial score (nSPS) is 11.9. The number of nitrogens with two attached hydrogens (primary N) is 1. The van der Waals surface area contributed by atoms with Crippen molar-refractivity contribution in [1.29, 1.82) is 0 Å². The van der Waals surface area contributed by atoms with Crippen molar-refractivity contribution < 1.29 is 5.11 Å². The fraction of sp³-hybridized carbons (Fsp3) is 0.400. The Bertz CT molecular complexity index is 253. The van der Waals surface area contributed by atoms with Gasteiger partial charge in [-0.3, -0.25) is 0 Å². The monoisotopic (exact) mass is 233 g/mol. The summed E-state index contributed by atoms with van der Waals surface area (Å²) in [5.74, 6) is 1.07. The number of aliphatic hydroxyl groups is 1. The maximum Gasteiger partial charge on any atom is 0.0624 e. The Morgan fingerprint density at radius 3 is 2.36 bits per heavy atom. The number of hydrogen-bond acceptors (Lipinski definition) is 3. The van der Waals surface area contributed by atoms with Crippen LogP contribution < -0.4 is 5.73 Å². The summed E-state index contributed by atoms with van der Waals surface area (Å²) in [5, 5.41) is 8.83. The van der Waals surface area contributed by atoms with Crippen LogP contribution >= 0.6 is 24.2 Å². The number of hydrogen-bond donors (Lipinski definition) is 2. The van der Waals surface area contributed by atoms with Crippen molar-refractivity contribution in [3.05, 3.63) is 29.8 Å². The molecule has 0 unspecified atom stereocenters. The summed E-state index contributed by atoms with van der Waals surface area (Å²) in [5.41, 5.74) is 6.65. The highest BCUT2D eigenvalue weighted by Crippen LogP contribution is 2.19. The predicted molar refractivity (Wildman–Crippen MR) is 64.1 cm³/mol. The third-order valence-electron chi connectivity index (χ3n) is 1.82. The molecule has 0 aliphatic rings. The predicted octanol–water partition coefficient (Wildman–Crippen LogP) is 2.21. The molecule has 0 bridgehead atoms. The first-order chi connectivity index (χ1) is 6.27. The van der Waals surface area contributed by atoms with Gasteiger partial charge in [0.2, 0.25) is 0 Å². The molecule has 0 aliphatic carbocycles. The van der Waals surface area contributed by atoms with Crippen LogP contribution in [0.15, 0.2) is 29.2 Å². The fourth-order valence-electron chi connectivity index (χ4n) is 1.08. The first kappa shape index (κ1) is 13.8. The molecule has 1 aromatic rings. The first-order valence-corrected chi connectivity index (χ1v) is 5.35. The Balaban J connectivity index is 0.00000169. The maximum absolute atomic E-state index is 8.83. The number of aliphatic hydroxyl groups excluding tert-OH is 1. The van der Waals surface area contributed by atoms with E-state index in [4.69, 9.17) is 10.8 Å². The van der Waals surface area contributed by atoms with Gasteiger partial charge in [0.25, 0.3) is 0 Å². The molecule has 0 aliphatic heterocycles. The molecule has 1 rings (SSSR count). The second kappa shape index (κ2) is 7.12. The zero-order valence-electron chi connectivity index (χ0n) is 8.14. The lowest BCUT2D eigenvalue weighted by atomic mass is 10.1. The number of rotatable bonds is 4. The van der Waals surface area contributed by atoms with Gasteiger partial charge in [0.05, 0.1) is 12.6 Å². The standard InChI is InChI=1S/C10H15NOS.ClH/c1-2-13-9-5-3-8(4-6-9)10(11)7-12;/h3-6,10,12H,2,7,11H2,1H3;1H/t10-;/m0./s1. The SMILES string of the molecule is CCSc1ccc([C@@H](N)CO)cc1.Cl. The van der Waals surface area contributed by atoms with Crippen LogP contribution in [-0.4, -0.2) is 17.5 Å². The Morgan fingerprint density at radius 1 is 1.36 bits per heavy atom. The summed E-state index contributed by atoms with van der Waals surface area (Å²) in [4.78, 5) is 1.25. The van der Waals surface area contributed by atoms with E-state index < -0.39 is 0 Å². The summed E-state index contributed by atoms with van der Waals surface area (Å²) in [6.07, 6.45) is 0. The zero-order valence-corrected chi connectivity index (χ0v) is 9.78. The first-order valence-electron chi connectivity index (χ1n) is 4.37. The largest absolute Gasteiger partial charge is 0.394 e. The second-order valence-electron chi connectivity index (χ2n) is 2.79. The minimum Gasteiger partial charge on any atom is -0.394 e. The van der Waals surface area contributed by atoms with Gasteiger partial charge in [-0.15, -0.1) is 24.2 Å². The molecule has 0 amide bonds. The van der Waals surface area contributed by atoms with E-state index in [0.29, 0.717) is 0 Å². The molecule has 80 valence electrons.